The Labute approximate surface area is 112 Å². The maximum atomic E-state index is 11.9. The fourth-order valence-corrected chi connectivity index (χ4v) is 1.96. The van der Waals surface area contributed by atoms with Crippen LogP contribution < -0.4 is 5.32 Å². The molecule has 0 spiro atoms. The molecule has 1 N–H and O–H groups in total. The van der Waals surface area contributed by atoms with Crippen molar-refractivity contribution in [2.24, 2.45) is 5.41 Å². The molecule has 0 saturated heterocycles. The summed E-state index contributed by atoms with van der Waals surface area (Å²) in [6, 6.07) is 5.14. The van der Waals surface area contributed by atoms with Gasteiger partial charge in [0, 0.05) is 26.5 Å². The number of hydrogen-bond donors (Lipinski definition) is 1. The molecule has 0 bridgehead atoms. The zero-order valence-corrected chi connectivity index (χ0v) is 11.0. The minimum absolute atomic E-state index is 0.187. The number of aromatic nitrogens is 1. The van der Waals surface area contributed by atoms with Gasteiger partial charge in [-0.25, -0.2) is 4.98 Å². The first kappa shape index (κ1) is 13.5. The van der Waals surface area contributed by atoms with Gasteiger partial charge in [-0.15, -0.1) is 0 Å². The molecule has 5 nitrogen and oxygen atoms in total. The average Bonchev–Trinajstić information content (AvgIpc) is 3.23. The van der Waals surface area contributed by atoms with E-state index in [0.717, 1.165) is 25.9 Å². The van der Waals surface area contributed by atoms with Crippen LogP contribution in [0.4, 0.5) is 0 Å². The van der Waals surface area contributed by atoms with Crippen LogP contribution in [0, 0.1) is 16.7 Å². The van der Waals surface area contributed by atoms with E-state index >= 15 is 0 Å². The predicted octanol–water partition coefficient (Wildman–Crippen LogP) is 1.50. The number of nitrogens with one attached hydrogen (secondary N) is 1. The van der Waals surface area contributed by atoms with Gasteiger partial charge in [0.2, 0.25) is 0 Å². The Balaban J connectivity index is 1.86. The van der Waals surface area contributed by atoms with Gasteiger partial charge in [-0.2, -0.15) is 5.26 Å². The Morgan fingerprint density at radius 2 is 2.37 bits per heavy atom. The van der Waals surface area contributed by atoms with Crippen molar-refractivity contribution in [3.63, 3.8) is 0 Å². The highest BCUT2D eigenvalue weighted by atomic mass is 16.5. The van der Waals surface area contributed by atoms with E-state index in [2.05, 4.69) is 10.3 Å². The molecule has 0 radical (unpaired) electrons. The molecule has 1 fully saturated rings. The van der Waals surface area contributed by atoms with Gasteiger partial charge in [-0.05, 0) is 36.8 Å². The van der Waals surface area contributed by atoms with Crippen molar-refractivity contribution in [2.45, 2.75) is 19.3 Å². The van der Waals surface area contributed by atoms with Crippen LogP contribution in [0.5, 0.6) is 0 Å². The molecule has 1 amide bonds. The number of rotatable bonds is 6. The van der Waals surface area contributed by atoms with E-state index in [4.69, 9.17) is 10.00 Å². The average molecular weight is 259 g/mol. The van der Waals surface area contributed by atoms with E-state index in [-0.39, 0.29) is 11.3 Å². The first-order valence-corrected chi connectivity index (χ1v) is 6.32. The van der Waals surface area contributed by atoms with Crippen LogP contribution >= 0.6 is 0 Å². The number of carbonyl (C=O) groups excluding carboxylic acids is 1. The fourth-order valence-electron chi connectivity index (χ4n) is 1.96. The van der Waals surface area contributed by atoms with Gasteiger partial charge in [0.25, 0.3) is 5.91 Å². The van der Waals surface area contributed by atoms with Crippen molar-refractivity contribution in [3.8, 4) is 6.07 Å². The standard InChI is InChI=1S/C14H17N3O2/c1-19-7-6-14(4-5-14)10-17-13(18)12-3-2-11(8-15)9-16-12/h2-3,9H,4-7,10H2,1H3,(H,17,18). The molecule has 100 valence electrons. The van der Waals surface area contributed by atoms with E-state index in [1.807, 2.05) is 6.07 Å². The third-order valence-corrected chi connectivity index (χ3v) is 3.54. The molecule has 5 heteroatoms. The molecule has 1 aromatic heterocycles. The van der Waals surface area contributed by atoms with Gasteiger partial charge in [0.15, 0.2) is 0 Å². The summed E-state index contributed by atoms with van der Waals surface area (Å²) in [5, 5.41) is 11.6. The molecule has 19 heavy (non-hydrogen) atoms. The molecular weight excluding hydrogens is 242 g/mol. The summed E-state index contributed by atoms with van der Waals surface area (Å²) in [6.07, 6.45) is 4.66. The number of ether oxygens (including phenoxy) is 1. The summed E-state index contributed by atoms with van der Waals surface area (Å²) in [6.45, 7) is 1.39. The normalized spacial score (nSPS) is 15.6. The van der Waals surface area contributed by atoms with Crippen LogP contribution in [0.2, 0.25) is 0 Å². The van der Waals surface area contributed by atoms with Gasteiger partial charge in [-0.3, -0.25) is 4.79 Å². The highest BCUT2D eigenvalue weighted by Crippen LogP contribution is 2.48. The lowest BCUT2D eigenvalue weighted by Gasteiger charge is -2.15. The Hall–Kier alpha value is -1.93. The fraction of sp³-hybridized carbons (Fsp3) is 0.500. The van der Waals surface area contributed by atoms with Crippen molar-refractivity contribution in [1.29, 1.82) is 5.26 Å². The molecule has 0 unspecified atom stereocenters. The highest BCUT2D eigenvalue weighted by molar-refractivity contribution is 5.92. The van der Waals surface area contributed by atoms with Gasteiger partial charge in [0.05, 0.1) is 5.56 Å². The van der Waals surface area contributed by atoms with Crippen LogP contribution in [0.3, 0.4) is 0 Å². The van der Waals surface area contributed by atoms with Crippen molar-refractivity contribution >= 4 is 5.91 Å². The largest absolute Gasteiger partial charge is 0.385 e. The lowest BCUT2D eigenvalue weighted by atomic mass is 10.0. The van der Waals surface area contributed by atoms with Crippen LogP contribution in [0.25, 0.3) is 0 Å². The molecule has 0 aromatic carbocycles. The summed E-state index contributed by atoms with van der Waals surface area (Å²) < 4.78 is 5.08. The Morgan fingerprint density at radius 3 is 2.89 bits per heavy atom. The van der Waals surface area contributed by atoms with Crippen LogP contribution in [-0.4, -0.2) is 31.2 Å². The van der Waals surface area contributed by atoms with Crippen LogP contribution in [0.15, 0.2) is 18.3 Å². The monoisotopic (exact) mass is 259 g/mol. The lowest BCUT2D eigenvalue weighted by molar-refractivity contribution is 0.0933. The summed E-state index contributed by atoms with van der Waals surface area (Å²) in [5.41, 5.74) is 1.02. The van der Waals surface area contributed by atoms with E-state index in [9.17, 15) is 4.79 Å². The zero-order valence-electron chi connectivity index (χ0n) is 11.0. The number of amides is 1. The molecule has 1 aliphatic rings. The molecule has 0 aliphatic heterocycles. The van der Waals surface area contributed by atoms with Gasteiger partial charge >= 0.3 is 0 Å². The Bertz CT molecular complexity index is 486. The van der Waals surface area contributed by atoms with Gasteiger partial charge in [-0.1, -0.05) is 0 Å². The minimum atomic E-state index is -0.187. The van der Waals surface area contributed by atoms with Gasteiger partial charge < -0.3 is 10.1 Å². The van der Waals surface area contributed by atoms with Crippen molar-refractivity contribution < 1.29 is 9.53 Å². The number of nitrogens with zero attached hydrogens (tertiary/aromatic N) is 2. The van der Waals surface area contributed by atoms with E-state index in [0.29, 0.717) is 17.8 Å². The highest BCUT2D eigenvalue weighted by Gasteiger charge is 2.42. The summed E-state index contributed by atoms with van der Waals surface area (Å²) >= 11 is 0. The third-order valence-electron chi connectivity index (χ3n) is 3.54. The Morgan fingerprint density at radius 1 is 1.58 bits per heavy atom. The molecular formula is C14H17N3O2. The number of carbonyl (C=O) groups is 1. The first-order valence-electron chi connectivity index (χ1n) is 6.32. The number of hydrogen-bond acceptors (Lipinski definition) is 4. The van der Waals surface area contributed by atoms with Crippen LogP contribution in [-0.2, 0) is 4.74 Å². The molecule has 1 saturated carbocycles. The third kappa shape index (κ3) is 3.52. The second-order valence-electron chi connectivity index (χ2n) is 4.97. The summed E-state index contributed by atoms with van der Waals surface area (Å²) in [7, 11) is 1.69. The number of nitriles is 1. The summed E-state index contributed by atoms with van der Waals surface area (Å²) in [4.78, 5) is 15.9. The lowest BCUT2D eigenvalue weighted by Crippen LogP contribution is -2.31. The molecule has 1 heterocycles. The first-order chi connectivity index (χ1) is 9.19. The molecule has 1 aromatic rings. The van der Waals surface area contributed by atoms with Crippen molar-refractivity contribution in [1.82, 2.24) is 10.3 Å². The predicted molar refractivity (Wildman–Crippen MR) is 69.4 cm³/mol. The van der Waals surface area contributed by atoms with E-state index in [1.165, 1.54) is 6.20 Å². The second-order valence-corrected chi connectivity index (χ2v) is 4.97. The maximum absolute atomic E-state index is 11.9. The second kappa shape index (κ2) is 5.81. The summed E-state index contributed by atoms with van der Waals surface area (Å²) in [5.74, 6) is -0.187. The van der Waals surface area contributed by atoms with Gasteiger partial charge in [0.1, 0.15) is 11.8 Å². The molecule has 2 rings (SSSR count). The van der Waals surface area contributed by atoms with Crippen molar-refractivity contribution in [2.75, 3.05) is 20.3 Å². The molecule has 1 aliphatic carbocycles. The number of pyridine rings is 1. The topological polar surface area (TPSA) is 75.0 Å². The smallest absolute Gasteiger partial charge is 0.269 e. The quantitative estimate of drug-likeness (QED) is 0.840. The van der Waals surface area contributed by atoms with E-state index < -0.39 is 0 Å². The van der Waals surface area contributed by atoms with Crippen LogP contribution in [0.1, 0.15) is 35.3 Å². The number of methoxy groups -OCH3 is 1. The van der Waals surface area contributed by atoms with E-state index in [1.54, 1.807) is 19.2 Å². The SMILES string of the molecule is COCCC1(CNC(=O)c2ccc(C#N)cn2)CC1. The molecule has 0 atom stereocenters. The minimum Gasteiger partial charge on any atom is -0.385 e. The maximum Gasteiger partial charge on any atom is 0.269 e. The zero-order chi connectivity index (χ0) is 13.7. The van der Waals surface area contributed by atoms with Crippen molar-refractivity contribution in [3.05, 3.63) is 29.6 Å². The Kier molecular flexibility index (Phi) is 4.13.